The molecule has 0 spiro atoms. The highest BCUT2D eigenvalue weighted by atomic mass is 79.9. The predicted molar refractivity (Wildman–Crippen MR) is 112 cm³/mol. The van der Waals surface area contributed by atoms with Crippen LogP contribution in [0, 0.1) is 5.82 Å². The number of rotatable bonds is 7. The zero-order valence-electron chi connectivity index (χ0n) is 15.7. The molecule has 2 aromatic carbocycles. The molecule has 0 aliphatic heterocycles. The summed E-state index contributed by atoms with van der Waals surface area (Å²) in [6, 6.07) is 10.9. The van der Waals surface area contributed by atoms with Gasteiger partial charge in [0.05, 0.1) is 11.9 Å². The van der Waals surface area contributed by atoms with E-state index >= 15 is 0 Å². The molecule has 0 unspecified atom stereocenters. The molecule has 1 saturated carbocycles. The van der Waals surface area contributed by atoms with Crippen LogP contribution >= 0.6 is 15.9 Å². The van der Waals surface area contributed by atoms with Gasteiger partial charge in [0, 0.05) is 10.5 Å². The van der Waals surface area contributed by atoms with Crippen molar-refractivity contribution in [2.75, 3.05) is 11.9 Å². The highest BCUT2D eigenvalue weighted by Crippen LogP contribution is 2.19. The van der Waals surface area contributed by atoms with Crippen LogP contribution < -0.4 is 20.8 Å². The topological polar surface area (TPSA) is 109 Å². The van der Waals surface area contributed by atoms with Crippen LogP contribution in [0.25, 0.3) is 0 Å². The first-order valence-electron chi connectivity index (χ1n) is 9.02. The maximum atomic E-state index is 13.7. The Bertz CT molecular complexity index is 977. The van der Waals surface area contributed by atoms with Crippen molar-refractivity contribution in [1.82, 2.24) is 10.7 Å². The smallest absolute Gasteiger partial charge is 0.329 e. The number of nitrogens with one attached hydrogen (secondary N) is 3. The maximum absolute atomic E-state index is 13.7. The van der Waals surface area contributed by atoms with E-state index in [1.807, 2.05) is 0 Å². The number of amides is 3. The third-order valence-electron chi connectivity index (χ3n) is 3.95. The van der Waals surface area contributed by atoms with Crippen LogP contribution in [0.1, 0.15) is 18.4 Å². The first kappa shape index (κ1) is 21.4. The summed E-state index contributed by atoms with van der Waals surface area (Å²) in [7, 11) is 0. The number of benzene rings is 2. The summed E-state index contributed by atoms with van der Waals surface area (Å²) in [4.78, 5) is 34.9. The standard InChI is InChI=1S/C20H18BrFN4O4/c21-13-3-8-17(16(22)9-13)25-18(27)11-30-15-6-1-12(2-7-15)10-23-26-20(29)19(28)24-14-4-5-14/h1-3,6-10,14H,4-5,11H2,(H,24,28)(H,25,27)(H,26,29)/b23-10-. The molecule has 0 saturated heterocycles. The van der Waals surface area contributed by atoms with E-state index in [1.54, 1.807) is 30.3 Å². The molecule has 156 valence electrons. The van der Waals surface area contributed by atoms with Crippen LogP contribution in [0.2, 0.25) is 0 Å². The second-order valence-electron chi connectivity index (χ2n) is 6.48. The molecule has 8 nitrogen and oxygen atoms in total. The minimum atomic E-state index is -0.827. The van der Waals surface area contributed by atoms with Crippen molar-refractivity contribution in [3.63, 3.8) is 0 Å². The quantitative estimate of drug-likeness (QED) is 0.323. The van der Waals surface area contributed by atoms with Crippen LogP contribution in [0.5, 0.6) is 5.75 Å². The molecular formula is C20H18BrFN4O4. The Labute approximate surface area is 180 Å². The van der Waals surface area contributed by atoms with Gasteiger partial charge in [0.1, 0.15) is 11.6 Å². The minimum Gasteiger partial charge on any atom is -0.484 e. The third-order valence-corrected chi connectivity index (χ3v) is 4.45. The largest absolute Gasteiger partial charge is 0.484 e. The number of anilines is 1. The lowest BCUT2D eigenvalue weighted by atomic mass is 10.2. The molecule has 10 heteroatoms. The van der Waals surface area contributed by atoms with Crippen molar-refractivity contribution >= 4 is 45.6 Å². The summed E-state index contributed by atoms with van der Waals surface area (Å²) < 4.78 is 19.7. The van der Waals surface area contributed by atoms with Crippen molar-refractivity contribution in [1.29, 1.82) is 0 Å². The summed E-state index contributed by atoms with van der Waals surface area (Å²) in [6.07, 6.45) is 3.15. The van der Waals surface area contributed by atoms with Gasteiger partial charge in [-0.05, 0) is 60.9 Å². The van der Waals surface area contributed by atoms with E-state index in [0.29, 0.717) is 15.8 Å². The molecular weight excluding hydrogens is 459 g/mol. The van der Waals surface area contributed by atoms with Crippen LogP contribution in [-0.2, 0) is 14.4 Å². The number of hydrogen-bond donors (Lipinski definition) is 3. The van der Waals surface area contributed by atoms with E-state index in [9.17, 15) is 18.8 Å². The zero-order chi connectivity index (χ0) is 21.5. The number of halogens is 2. The first-order valence-corrected chi connectivity index (χ1v) is 9.81. The second-order valence-corrected chi connectivity index (χ2v) is 7.39. The van der Waals surface area contributed by atoms with Crippen LogP contribution in [0.3, 0.4) is 0 Å². The SMILES string of the molecule is O=C(COc1ccc(/C=N\NC(=O)C(=O)NC2CC2)cc1)Nc1ccc(Br)cc1F. The van der Waals surface area contributed by atoms with E-state index in [-0.39, 0.29) is 18.3 Å². The predicted octanol–water partition coefficient (Wildman–Crippen LogP) is 2.33. The van der Waals surface area contributed by atoms with E-state index < -0.39 is 23.5 Å². The molecule has 1 fully saturated rings. The maximum Gasteiger partial charge on any atom is 0.329 e. The molecule has 1 aliphatic rings. The second kappa shape index (κ2) is 9.97. The molecule has 0 heterocycles. The Morgan fingerprint density at radius 3 is 2.53 bits per heavy atom. The third kappa shape index (κ3) is 6.66. The fourth-order valence-electron chi connectivity index (χ4n) is 2.27. The van der Waals surface area contributed by atoms with Crippen LogP contribution in [0.4, 0.5) is 10.1 Å². The van der Waals surface area contributed by atoms with Gasteiger partial charge in [-0.2, -0.15) is 5.10 Å². The molecule has 2 aromatic rings. The van der Waals surface area contributed by atoms with Crippen molar-refractivity contribution in [2.45, 2.75) is 18.9 Å². The Kier molecular flexibility index (Phi) is 7.12. The summed E-state index contributed by atoms with van der Waals surface area (Å²) in [5.74, 6) is -2.18. The Morgan fingerprint density at radius 2 is 1.87 bits per heavy atom. The van der Waals surface area contributed by atoms with Crippen LogP contribution in [-0.4, -0.2) is 36.6 Å². The van der Waals surface area contributed by atoms with Gasteiger partial charge in [-0.25, -0.2) is 9.82 Å². The number of carbonyl (C=O) groups excluding carboxylic acids is 3. The van der Waals surface area contributed by atoms with Gasteiger partial charge >= 0.3 is 11.8 Å². The zero-order valence-corrected chi connectivity index (χ0v) is 17.2. The summed E-state index contributed by atoms with van der Waals surface area (Å²) >= 11 is 3.14. The number of nitrogens with zero attached hydrogens (tertiary/aromatic N) is 1. The highest BCUT2D eigenvalue weighted by molar-refractivity contribution is 9.10. The van der Waals surface area contributed by atoms with Crippen LogP contribution in [0.15, 0.2) is 52.0 Å². The van der Waals surface area contributed by atoms with E-state index in [2.05, 4.69) is 37.1 Å². The molecule has 0 radical (unpaired) electrons. The number of hydrogen-bond acceptors (Lipinski definition) is 5. The monoisotopic (exact) mass is 476 g/mol. The Balaban J connectivity index is 1.42. The first-order chi connectivity index (χ1) is 14.4. The molecule has 0 atom stereocenters. The average molecular weight is 477 g/mol. The molecule has 3 rings (SSSR count). The number of hydrazone groups is 1. The minimum absolute atomic E-state index is 0.0613. The number of carbonyl (C=O) groups is 3. The van der Waals surface area contributed by atoms with Crippen molar-refractivity contribution in [3.8, 4) is 5.75 Å². The molecule has 0 aromatic heterocycles. The van der Waals surface area contributed by atoms with E-state index in [4.69, 9.17) is 4.74 Å². The average Bonchev–Trinajstić information content (AvgIpc) is 3.53. The van der Waals surface area contributed by atoms with Gasteiger partial charge < -0.3 is 15.4 Å². The van der Waals surface area contributed by atoms with Gasteiger partial charge in [0.25, 0.3) is 5.91 Å². The fraction of sp³-hybridized carbons (Fsp3) is 0.200. The highest BCUT2D eigenvalue weighted by Gasteiger charge is 2.26. The summed E-state index contributed by atoms with van der Waals surface area (Å²) in [5.41, 5.74) is 2.86. The molecule has 0 bridgehead atoms. The molecule has 1 aliphatic carbocycles. The Morgan fingerprint density at radius 1 is 1.13 bits per heavy atom. The Hall–Kier alpha value is -3.27. The lowest BCUT2D eigenvalue weighted by molar-refractivity contribution is -0.139. The van der Waals surface area contributed by atoms with Gasteiger partial charge in [-0.15, -0.1) is 0 Å². The van der Waals surface area contributed by atoms with Gasteiger partial charge in [-0.1, -0.05) is 15.9 Å². The normalized spacial score (nSPS) is 13.0. The fourth-order valence-corrected chi connectivity index (χ4v) is 2.60. The van der Waals surface area contributed by atoms with Gasteiger partial charge in [0.15, 0.2) is 6.61 Å². The summed E-state index contributed by atoms with van der Waals surface area (Å²) in [6.45, 7) is -0.297. The van der Waals surface area contributed by atoms with Crippen molar-refractivity contribution in [3.05, 3.63) is 58.3 Å². The lowest BCUT2D eigenvalue weighted by Crippen LogP contribution is -2.38. The van der Waals surface area contributed by atoms with Gasteiger partial charge in [0.2, 0.25) is 0 Å². The van der Waals surface area contributed by atoms with E-state index in [0.717, 1.165) is 12.8 Å². The van der Waals surface area contributed by atoms with E-state index in [1.165, 1.54) is 18.3 Å². The van der Waals surface area contributed by atoms with Gasteiger partial charge in [-0.3, -0.25) is 14.4 Å². The molecule has 3 amide bonds. The molecule has 30 heavy (non-hydrogen) atoms. The number of ether oxygens (including phenoxy) is 1. The summed E-state index contributed by atoms with van der Waals surface area (Å²) in [5, 5.41) is 8.71. The van der Waals surface area contributed by atoms with Crippen molar-refractivity contribution < 1.29 is 23.5 Å². The lowest BCUT2D eigenvalue weighted by Gasteiger charge is -2.08. The van der Waals surface area contributed by atoms with Crippen molar-refractivity contribution in [2.24, 2.45) is 5.10 Å². The molecule has 3 N–H and O–H groups in total.